The summed E-state index contributed by atoms with van der Waals surface area (Å²) in [4.78, 5) is 0. The highest BCUT2D eigenvalue weighted by Gasteiger charge is 2.33. The largest absolute Gasteiger partial charge is 0.388 e. The lowest BCUT2D eigenvalue weighted by molar-refractivity contribution is 0.0600. The molecule has 19 heavy (non-hydrogen) atoms. The number of ether oxygens (including phenoxy) is 1. The van der Waals surface area contributed by atoms with Crippen molar-refractivity contribution < 1.29 is 9.84 Å². The topological polar surface area (TPSA) is 34.4 Å². The van der Waals surface area contributed by atoms with E-state index in [2.05, 4.69) is 30.7 Å². The minimum absolute atomic E-state index is 0.207. The Balaban J connectivity index is 1.80. The summed E-state index contributed by atoms with van der Waals surface area (Å²) in [7, 11) is 0. The number of nitrogens with zero attached hydrogens (tertiary/aromatic N) is 1. The smallest absolute Gasteiger partial charge is 0.0812 e. The maximum atomic E-state index is 10.3. The Labute approximate surface area is 115 Å². The number of hydrogen-bond donors (Lipinski definition) is 1. The van der Waals surface area contributed by atoms with E-state index in [0.717, 1.165) is 44.1 Å². The monoisotopic (exact) mass is 263 g/mol. The summed E-state index contributed by atoms with van der Waals surface area (Å²) in [6.07, 6.45) is 6.18. The molecule has 106 valence electrons. The number of rotatable bonds is 2. The quantitative estimate of drug-likeness (QED) is 0.890. The Morgan fingerprint density at radius 2 is 2.11 bits per heavy atom. The summed E-state index contributed by atoms with van der Waals surface area (Å²) in [6.45, 7) is 7.40. The van der Waals surface area contributed by atoms with Crippen LogP contribution in [0, 0.1) is 11.3 Å². The lowest BCUT2D eigenvalue weighted by atomic mass is 9.75. The first-order valence-electron chi connectivity index (χ1n) is 7.49. The van der Waals surface area contributed by atoms with E-state index in [1.54, 1.807) is 0 Å². The fourth-order valence-corrected chi connectivity index (χ4v) is 3.57. The lowest BCUT2D eigenvalue weighted by Gasteiger charge is -2.34. The third-order valence-corrected chi connectivity index (χ3v) is 4.66. The summed E-state index contributed by atoms with van der Waals surface area (Å²) < 4.78 is 7.82. The van der Waals surface area contributed by atoms with Crippen LogP contribution in [-0.2, 0) is 17.7 Å². The summed E-state index contributed by atoms with van der Waals surface area (Å²) in [5.41, 5.74) is 2.72. The molecule has 0 bridgehead atoms. The molecular weight excluding hydrogens is 238 g/mol. The number of aliphatic hydroxyl groups excluding tert-OH is 1. The van der Waals surface area contributed by atoms with Gasteiger partial charge < -0.3 is 14.4 Å². The molecule has 0 saturated carbocycles. The van der Waals surface area contributed by atoms with Crippen LogP contribution in [0.5, 0.6) is 0 Å². The molecule has 2 heterocycles. The lowest BCUT2D eigenvalue weighted by Crippen LogP contribution is -2.28. The molecule has 1 aromatic rings. The average molecular weight is 263 g/mol. The van der Waals surface area contributed by atoms with Crippen molar-refractivity contribution in [2.75, 3.05) is 13.2 Å². The van der Waals surface area contributed by atoms with Crippen LogP contribution in [0.2, 0.25) is 0 Å². The van der Waals surface area contributed by atoms with Crippen molar-refractivity contribution in [3.8, 4) is 0 Å². The second kappa shape index (κ2) is 4.95. The van der Waals surface area contributed by atoms with Crippen molar-refractivity contribution in [3.63, 3.8) is 0 Å². The first-order chi connectivity index (χ1) is 9.05. The van der Waals surface area contributed by atoms with Gasteiger partial charge in [-0.25, -0.2) is 0 Å². The molecule has 0 amide bonds. The molecule has 1 saturated heterocycles. The minimum Gasteiger partial charge on any atom is -0.388 e. The van der Waals surface area contributed by atoms with Gasteiger partial charge in [-0.05, 0) is 43.1 Å². The van der Waals surface area contributed by atoms with Crippen LogP contribution in [0.3, 0.4) is 0 Å². The van der Waals surface area contributed by atoms with E-state index in [9.17, 15) is 5.11 Å². The number of aromatic nitrogens is 1. The number of aliphatic hydroxyl groups is 1. The van der Waals surface area contributed by atoms with Gasteiger partial charge in [-0.15, -0.1) is 0 Å². The zero-order chi connectivity index (χ0) is 13.5. The molecule has 1 unspecified atom stereocenters. The molecule has 1 N–H and O–H groups in total. The Hall–Kier alpha value is -0.800. The first kappa shape index (κ1) is 13.2. The second-order valence-corrected chi connectivity index (χ2v) is 6.99. The van der Waals surface area contributed by atoms with E-state index in [0.29, 0.717) is 0 Å². The molecule has 2 aliphatic rings. The SMILES string of the molecule is CC1(C)Cc2c(ccn2CC2CCOCC2)C(O)C1. The van der Waals surface area contributed by atoms with E-state index in [1.165, 1.54) is 18.5 Å². The highest BCUT2D eigenvalue weighted by Crippen LogP contribution is 2.41. The van der Waals surface area contributed by atoms with Crippen molar-refractivity contribution in [3.05, 3.63) is 23.5 Å². The fourth-order valence-electron chi connectivity index (χ4n) is 3.57. The Bertz CT molecular complexity index is 444. The molecule has 1 aliphatic carbocycles. The zero-order valence-electron chi connectivity index (χ0n) is 12.1. The molecule has 3 heteroatoms. The third kappa shape index (κ3) is 2.72. The fraction of sp³-hybridized carbons (Fsp3) is 0.750. The van der Waals surface area contributed by atoms with Crippen LogP contribution < -0.4 is 0 Å². The average Bonchev–Trinajstić information content (AvgIpc) is 2.72. The van der Waals surface area contributed by atoms with Crippen LogP contribution in [0.15, 0.2) is 12.3 Å². The molecule has 0 aromatic carbocycles. The van der Waals surface area contributed by atoms with Gasteiger partial charge in [-0.1, -0.05) is 13.8 Å². The van der Waals surface area contributed by atoms with Crippen molar-refractivity contribution in [1.29, 1.82) is 0 Å². The molecule has 1 fully saturated rings. The van der Waals surface area contributed by atoms with Crippen molar-refractivity contribution in [2.24, 2.45) is 11.3 Å². The van der Waals surface area contributed by atoms with E-state index in [1.807, 2.05) is 0 Å². The van der Waals surface area contributed by atoms with Gasteiger partial charge in [0.25, 0.3) is 0 Å². The van der Waals surface area contributed by atoms with E-state index in [4.69, 9.17) is 4.74 Å². The van der Waals surface area contributed by atoms with E-state index in [-0.39, 0.29) is 11.5 Å². The van der Waals surface area contributed by atoms with Crippen LogP contribution in [-0.4, -0.2) is 22.9 Å². The standard InChI is InChI=1S/C16H25NO2/c1-16(2)9-14-13(15(18)10-16)3-6-17(14)11-12-4-7-19-8-5-12/h3,6,12,15,18H,4-5,7-11H2,1-2H3. The summed E-state index contributed by atoms with van der Waals surface area (Å²) in [5, 5.41) is 10.3. The van der Waals surface area contributed by atoms with Crippen LogP contribution >= 0.6 is 0 Å². The molecule has 1 atom stereocenters. The molecule has 1 aromatic heterocycles. The Morgan fingerprint density at radius 3 is 2.84 bits per heavy atom. The van der Waals surface area contributed by atoms with E-state index < -0.39 is 0 Å². The molecule has 0 spiro atoms. The van der Waals surface area contributed by atoms with Gasteiger partial charge in [0.15, 0.2) is 0 Å². The highest BCUT2D eigenvalue weighted by molar-refractivity contribution is 5.29. The summed E-state index contributed by atoms with van der Waals surface area (Å²) in [6, 6.07) is 2.12. The summed E-state index contributed by atoms with van der Waals surface area (Å²) >= 11 is 0. The van der Waals surface area contributed by atoms with Gasteiger partial charge >= 0.3 is 0 Å². The van der Waals surface area contributed by atoms with Crippen molar-refractivity contribution in [2.45, 2.75) is 52.2 Å². The van der Waals surface area contributed by atoms with Gasteiger partial charge in [-0.3, -0.25) is 0 Å². The molecular formula is C16H25NO2. The van der Waals surface area contributed by atoms with Gasteiger partial charge in [-0.2, -0.15) is 0 Å². The van der Waals surface area contributed by atoms with E-state index >= 15 is 0 Å². The maximum Gasteiger partial charge on any atom is 0.0812 e. The van der Waals surface area contributed by atoms with Gasteiger partial charge in [0.1, 0.15) is 0 Å². The first-order valence-corrected chi connectivity index (χ1v) is 7.49. The van der Waals surface area contributed by atoms with Crippen molar-refractivity contribution >= 4 is 0 Å². The zero-order valence-corrected chi connectivity index (χ0v) is 12.1. The van der Waals surface area contributed by atoms with Gasteiger partial charge in [0, 0.05) is 37.2 Å². The predicted molar refractivity (Wildman–Crippen MR) is 75.0 cm³/mol. The van der Waals surface area contributed by atoms with Crippen LogP contribution in [0.4, 0.5) is 0 Å². The Kier molecular flexibility index (Phi) is 3.44. The summed E-state index contributed by atoms with van der Waals surface area (Å²) in [5.74, 6) is 0.729. The molecule has 0 radical (unpaired) electrons. The third-order valence-electron chi connectivity index (χ3n) is 4.66. The normalized spacial score (nSPS) is 27.2. The number of hydrogen-bond acceptors (Lipinski definition) is 2. The molecule has 3 rings (SSSR count). The number of fused-ring (bicyclic) bond motifs is 1. The van der Waals surface area contributed by atoms with Gasteiger partial charge in [0.05, 0.1) is 6.10 Å². The molecule has 1 aliphatic heterocycles. The predicted octanol–water partition coefficient (Wildman–Crippen LogP) is 2.92. The second-order valence-electron chi connectivity index (χ2n) is 6.99. The van der Waals surface area contributed by atoms with Crippen LogP contribution in [0.1, 0.15) is 50.5 Å². The molecule has 3 nitrogen and oxygen atoms in total. The Morgan fingerprint density at radius 1 is 1.37 bits per heavy atom. The van der Waals surface area contributed by atoms with Crippen molar-refractivity contribution in [1.82, 2.24) is 4.57 Å². The minimum atomic E-state index is -0.283. The van der Waals surface area contributed by atoms with Gasteiger partial charge in [0.2, 0.25) is 0 Å². The van der Waals surface area contributed by atoms with Crippen LogP contribution in [0.25, 0.3) is 0 Å². The maximum absolute atomic E-state index is 10.3. The highest BCUT2D eigenvalue weighted by atomic mass is 16.5.